The van der Waals surface area contributed by atoms with Gasteiger partial charge in [-0.3, -0.25) is 0 Å². The Balaban J connectivity index is 2.13. The van der Waals surface area contributed by atoms with Crippen LogP contribution >= 0.6 is 0 Å². The molecule has 0 radical (unpaired) electrons. The molecule has 0 spiro atoms. The number of aryl methyl sites for hydroxylation is 1. The van der Waals surface area contributed by atoms with Gasteiger partial charge in [-0.05, 0) is 43.5 Å². The fraction of sp³-hybridized carbons (Fsp3) is 0.158. The van der Waals surface area contributed by atoms with E-state index in [1.54, 1.807) is 0 Å². The van der Waals surface area contributed by atoms with E-state index < -0.39 is 0 Å². The van der Waals surface area contributed by atoms with Crippen molar-refractivity contribution in [3.8, 4) is 5.69 Å². The van der Waals surface area contributed by atoms with Crippen LogP contribution in [-0.4, -0.2) is 4.57 Å². The molecule has 0 atom stereocenters. The lowest BCUT2D eigenvalue weighted by molar-refractivity contribution is 0.888. The second-order valence-corrected chi connectivity index (χ2v) is 5.49. The zero-order chi connectivity index (χ0) is 13.5. The van der Waals surface area contributed by atoms with E-state index >= 15 is 0 Å². The standard InChI is InChI=1S/C19H17N/c1-14-11-12-17-16-9-5-6-10-18(16)20(19(17)13-14)15-7-3-2-4-8-15/h2-5,7-9,11-13H,6,10H2,1H3. The van der Waals surface area contributed by atoms with Crippen LogP contribution in [0.4, 0.5) is 0 Å². The third-order valence-corrected chi connectivity index (χ3v) is 4.11. The van der Waals surface area contributed by atoms with Gasteiger partial charge < -0.3 is 4.57 Å². The van der Waals surface area contributed by atoms with Crippen LogP contribution in [0.2, 0.25) is 0 Å². The van der Waals surface area contributed by atoms with Gasteiger partial charge in [0.15, 0.2) is 0 Å². The minimum absolute atomic E-state index is 1.12. The molecule has 20 heavy (non-hydrogen) atoms. The van der Waals surface area contributed by atoms with Crippen LogP contribution < -0.4 is 0 Å². The highest BCUT2D eigenvalue weighted by atomic mass is 15.0. The predicted molar refractivity (Wildman–Crippen MR) is 85.4 cm³/mol. The summed E-state index contributed by atoms with van der Waals surface area (Å²) in [6.45, 7) is 2.16. The smallest absolute Gasteiger partial charge is 0.0540 e. The number of para-hydroxylation sites is 1. The van der Waals surface area contributed by atoms with Gasteiger partial charge in [0.05, 0.1) is 5.52 Å². The maximum absolute atomic E-state index is 2.43. The molecule has 1 aliphatic carbocycles. The minimum Gasteiger partial charge on any atom is -0.313 e. The van der Waals surface area contributed by atoms with Crippen molar-refractivity contribution in [1.29, 1.82) is 0 Å². The number of benzene rings is 2. The summed E-state index contributed by atoms with van der Waals surface area (Å²) in [4.78, 5) is 0. The Morgan fingerprint density at radius 2 is 1.85 bits per heavy atom. The Bertz CT molecular complexity index is 807. The van der Waals surface area contributed by atoms with Crippen molar-refractivity contribution < 1.29 is 0 Å². The number of allylic oxidation sites excluding steroid dienone is 1. The molecule has 1 aliphatic rings. The Hall–Kier alpha value is -2.28. The lowest BCUT2D eigenvalue weighted by Crippen LogP contribution is -2.02. The molecule has 0 bridgehead atoms. The third kappa shape index (κ3) is 1.63. The highest BCUT2D eigenvalue weighted by Gasteiger charge is 2.17. The summed E-state index contributed by atoms with van der Waals surface area (Å²) in [5.41, 5.74) is 6.75. The van der Waals surface area contributed by atoms with Crippen molar-refractivity contribution in [1.82, 2.24) is 4.57 Å². The molecular formula is C19H17N. The minimum atomic E-state index is 1.12. The number of fused-ring (bicyclic) bond motifs is 3. The lowest BCUT2D eigenvalue weighted by atomic mass is 10.0. The summed E-state index contributed by atoms with van der Waals surface area (Å²) in [7, 11) is 0. The van der Waals surface area contributed by atoms with Crippen LogP contribution in [0.3, 0.4) is 0 Å². The van der Waals surface area contributed by atoms with Crippen LogP contribution in [0.25, 0.3) is 22.7 Å². The largest absolute Gasteiger partial charge is 0.313 e. The van der Waals surface area contributed by atoms with E-state index in [0.717, 1.165) is 12.8 Å². The van der Waals surface area contributed by atoms with E-state index in [2.05, 4.69) is 72.2 Å². The average molecular weight is 259 g/mol. The van der Waals surface area contributed by atoms with Crippen LogP contribution in [0.1, 0.15) is 23.2 Å². The molecule has 1 aromatic heterocycles. The first kappa shape index (κ1) is 11.5. The first-order valence-electron chi connectivity index (χ1n) is 7.20. The number of nitrogens with zero attached hydrogens (tertiary/aromatic N) is 1. The quantitative estimate of drug-likeness (QED) is 0.586. The molecule has 0 unspecified atom stereocenters. The van der Waals surface area contributed by atoms with E-state index in [1.165, 1.54) is 33.4 Å². The maximum atomic E-state index is 2.43. The van der Waals surface area contributed by atoms with E-state index in [4.69, 9.17) is 0 Å². The summed E-state index contributed by atoms with van der Waals surface area (Å²) in [5.74, 6) is 0. The van der Waals surface area contributed by atoms with Crippen LogP contribution in [0.15, 0.2) is 54.6 Å². The molecule has 4 rings (SSSR count). The number of rotatable bonds is 1. The van der Waals surface area contributed by atoms with Crippen LogP contribution in [-0.2, 0) is 6.42 Å². The summed E-state index contributed by atoms with van der Waals surface area (Å²) in [5, 5.41) is 1.37. The first-order chi connectivity index (χ1) is 9.84. The molecule has 0 saturated carbocycles. The van der Waals surface area contributed by atoms with Gasteiger partial charge in [0.2, 0.25) is 0 Å². The second kappa shape index (κ2) is 4.38. The Labute approximate surface area is 119 Å². The Morgan fingerprint density at radius 1 is 1.00 bits per heavy atom. The van der Waals surface area contributed by atoms with Gasteiger partial charge >= 0.3 is 0 Å². The highest BCUT2D eigenvalue weighted by Crippen LogP contribution is 2.34. The molecule has 1 nitrogen and oxygen atoms in total. The molecule has 98 valence electrons. The maximum Gasteiger partial charge on any atom is 0.0540 e. The van der Waals surface area contributed by atoms with Gasteiger partial charge in [-0.1, -0.05) is 42.5 Å². The Kier molecular flexibility index (Phi) is 2.53. The molecule has 0 N–H and O–H groups in total. The van der Waals surface area contributed by atoms with E-state index in [-0.39, 0.29) is 0 Å². The number of aromatic nitrogens is 1. The fourth-order valence-corrected chi connectivity index (χ4v) is 3.20. The van der Waals surface area contributed by atoms with E-state index in [1.807, 2.05) is 0 Å². The molecule has 3 aromatic rings. The predicted octanol–water partition coefficient (Wildman–Crippen LogP) is 4.90. The Morgan fingerprint density at radius 3 is 2.70 bits per heavy atom. The van der Waals surface area contributed by atoms with Crippen molar-refractivity contribution in [3.05, 3.63) is 71.4 Å². The van der Waals surface area contributed by atoms with Crippen molar-refractivity contribution in [2.24, 2.45) is 0 Å². The van der Waals surface area contributed by atoms with Crippen molar-refractivity contribution >= 4 is 17.0 Å². The SMILES string of the molecule is Cc1ccc2c3c(n(-c4ccccc4)c2c1)CCC=C3. The van der Waals surface area contributed by atoms with Gasteiger partial charge in [0, 0.05) is 22.3 Å². The average Bonchev–Trinajstić information content (AvgIpc) is 2.81. The molecule has 0 amide bonds. The second-order valence-electron chi connectivity index (χ2n) is 5.49. The third-order valence-electron chi connectivity index (χ3n) is 4.11. The molecule has 0 fully saturated rings. The summed E-state index contributed by atoms with van der Waals surface area (Å²) in [6.07, 6.45) is 6.83. The fourth-order valence-electron chi connectivity index (χ4n) is 3.20. The van der Waals surface area contributed by atoms with E-state index in [9.17, 15) is 0 Å². The van der Waals surface area contributed by atoms with Crippen molar-refractivity contribution in [3.63, 3.8) is 0 Å². The van der Waals surface area contributed by atoms with Crippen molar-refractivity contribution in [2.75, 3.05) is 0 Å². The monoisotopic (exact) mass is 259 g/mol. The number of hydrogen-bond donors (Lipinski definition) is 0. The van der Waals surface area contributed by atoms with Gasteiger partial charge in [0.25, 0.3) is 0 Å². The van der Waals surface area contributed by atoms with E-state index in [0.29, 0.717) is 0 Å². The van der Waals surface area contributed by atoms with Crippen LogP contribution in [0.5, 0.6) is 0 Å². The van der Waals surface area contributed by atoms with Gasteiger partial charge in [0.1, 0.15) is 0 Å². The van der Waals surface area contributed by atoms with Gasteiger partial charge in [-0.15, -0.1) is 0 Å². The zero-order valence-corrected chi connectivity index (χ0v) is 11.6. The summed E-state index contributed by atoms with van der Waals surface area (Å²) >= 11 is 0. The number of hydrogen-bond acceptors (Lipinski definition) is 0. The normalized spacial score (nSPS) is 13.7. The summed E-state index contributed by atoms with van der Waals surface area (Å²) in [6, 6.07) is 17.5. The molecular weight excluding hydrogens is 242 g/mol. The van der Waals surface area contributed by atoms with Gasteiger partial charge in [-0.25, -0.2) is 0 Å². The first-order valence-corrected chi connectivity index (χ1v) is 7.20. The molecule has 0 saturated heterocycles. The summed E-state index contributed by atoms with van der Waals surface area (Å²) < 4.78 is 2.43. The topological polar surface area (TPSA) is 4.93 Å². The molecule has 0 aliphatic heterocycles. The van der Waals surface area contributed by atoms with Gasteiger partial charge in [-0.2, -0.15) is 0 Å². The molecule has 1 heterocycles. The lowest BCUT2D eigenvalue weighted by Gasteiger charge is -2.13. The highest BCUT2D eigenvalue weighted by molar-refractivity contribution is 5.93. The molecule has 1 heteroatoms. The zero-order valence-electron chi connectivity index (χ0n) is 11.6. The van der Waals surface area contributed by atoms with Crippen molar-refractivity contribution in [2.45, 2.75) is 19.8 Å². The van der Waals surface area contributed by atoms with Crippen LogP contribution in [0, 0.1) is 6.92 Å². The molecule has 2 aromatic carbocycles.